The maximum absolute atomic E-state index is 12.5. The minimum absolute atomic E-state index is 0.168. The van der Waals surface area contributed by atoms with Gasteiger partial charge in [0.05, 0.1) is 4.90 Å². The highest BCUT2D eigenvalue weighted by Gasteiger charge is 2.26. The summed E-state index contributed by atoms with van der Waals surface area (Å²) in [6.07, 6.45) is 2.41. The lowest BCUT2D eigenvalue weighted by atomic mass is 9.94. The molecule has 2 N–H and O–H groups in total. The molecule has 1 unspecified atom stereocenters. The van der Waals surface area contributed by atoms with Gasteiger partial charge in [0.25, 0.3) is 5.91 Å². The molecule has 0 saturated carbocycles. The molecule has 1 aromatic carbocycles. The first-order valence-electron chi connectivity index (χ1n) is 9.86. The van der Waals surface area contributed by atoms with Crippen LogP contribution in [-0.4, -0.2) is 51.4 Å². The third kappa shape index (κ3) is 6.02. The Labute approximate surface area is 163 Å². The number of sulfonamides is 1. The molecule has 1 aliphatic rings. The molecule has 1 aliphatic heterocycles. The zero-order valence-electron chi connectivity index (χ0n) is 16.9. The van der Waals surface area contributed by atoms with Crippen molar-refractivity contribution >= 4 is 15.9 Å². The molecule has 152 valence electrons. The molecule has 0 aliphatic carbocycles. The SMILES string of the molecule is CCNS(=O)(=O)c1ccc(C(=O)NCC(C(C)C)N2CCC(C)CC2)cc1. The molecule has 1 aromatic rings. The van der Waals surface area contributed by atoms with Crippen LogP contribution in [0.5, 0.6) is 0 Å². The number of nitrogens with one attached hydrogen (secondary N) is 2. The maximum Gasteiger partial charge on any atom is 0.251 e. The number of rotatable bonds is 8. The highest BCUT2D eigenvalue weighted by Crippen LogP contribution is 2.21. The second-order valence-electron chi connectivity index (χ2n) is 7.77. The number of nitrogens with zero attached hydrogens (tertiary/aromatic N) is 1. The largest absolute Gasteiger partial charge is 0.350 e. The molecule has 1 amide bonds. The summed E-state index contributed by atoms with van der Waals surface area (Å²) in [5, 5.41) is 3.03. The molecular weight excluding hydrogens is 362 g/mol. The molecule has 0 spiro atoms. The first-order chi connectivity index (χ1) is 12.7. The number of piperidine rings is 1. The van der Waals surface area contributed by atoms with E-state index in [1.807, 2.05) is 0 Å². The van der Waals surface area contributed by atoms with Crippen molar-refractivity contribution in [3.63, 3.8) is 0 Å². The minimum atomic E-state index is -3.50. The van der Waals surface area contributed by atoms with Crippen LogP contribution in [0.3, 0.4) is 0 Å². The minimum Gasteiger partial charge on any atom is -0.350 e. The van der Waals surface area contributed by atoms with Crippen LogP contribution in [0.4, 0.5) is 0 Å². The topological polar surface area (TPSA) is 78.5 Å². The van der Waals surface area contributed by atoms with Crippen LogP contribution < -0.4 is 10.0 Å². The van der Waals surface area contributed by atoms with E-state index in [0.717, 1.165) is 19.0 Å². The van der Waals surface area contributed by atoms with E-state index >= 15 is 0 Å². The third-order valence-electron chi connectivity index (χ3n) is 5.29. The molecule has 1 fully saturated rings. The summed E-state index contributed by atoms with van der Waals surface area (Å²) in [5.74, 6) is 1.06. The fourth-order valence-electron chi connectivity index (χ4n) is 3.50. The number of amides is 1. The van der Waals surface area contributed by atoms with Crippen molar-refractivity contribution in [2.45, 2.75) is 51.5 Å². The van der Waals surface area contributed by atoms with Gasteiger partial charge in [-0.3, -0.25) is 9.69 Å². The molecule has 2 rings (SSSR count). The number of carbonyl (C=O) groups excluding carboxylic acids is 1. The van der Waals surface area contributed by atoms with Crippen LogP contribution in [0.15, 0.2) is 29.2 Å². The Morgan fingerprint density at radius 2 is 1.78 bits per heavy atom. The van der Waals surface area contributed by atoms with Gasteiger partial charge < -0.3 is 5.32 Å². The van der Waals surface area contributed by atoms with E-state index in [1.165, 1.54) is 25.0 Å². The Morgan fingerprint density at radius 1 is 1.19 bits per heavy atom. The Balaban J connectivity index is 1.97. The number of likely N-dealkylation sites (tertiary alicyclic amines) is 1. The van der Waals surface area contributed by atoms with Gasteiger partial charge in [-0.1, -0.05) is 27.7 Å². The molecule has 1 atom stereocenters. The number of carbonyl (C=O) groups is 1. The van der Waals surface area contributed by atoms with Gasteiger partial charge in [0.1, 0.15) is 0 Å². The molecule has 7 heteroatoms. The predicted molar refractivity (Wildman–Crippen MR) is 108 cm³/mol. The van der Waals surface area contributed by atoms with Crippen LogP contribution in [0, 0.1) is 11.8 Å². The summed E-state index contributed by atoms with van der Waals surface area (Å²) in [5.41, 5.74) is 0.472. The monoisotopic (exact) mass is 395 g/mol. The first-order valence-corrected chi connectivity index (χ1v) is 11.3. The zero-order valence-corrected chi connectivity index (χ0v) is 17.7. The van der Waals surface area contributed by atoms with Crippen molar-refractivity contribution in [2.24, 2.45) is 11.8 Å². The van der Waals surface area contributed by atoms with E-state index in [4.69, 9.17) is 0 Å². The summed E-state index contributed by atoms with van der Waals surface area (Å²) in [7, 11) is -3.50. The normalized spacial score (nSPS) is 17.8. The van der Waals surface area contributed by atoms with Gasteiger partial charge in [0.2, 0.25) is 10.0 Å². The van der Waals surface area contributed by atoms with Crippen molar-refractivity contribution in [3.05, 3.63) is 29.8 Å². The van der Waals surface area contributed by atoms with Crippen molar-refractivity contribution in [1.29, 1.82) is 0 Å². The van der Waals surface area contributed by atoms with Crippen molar-refractivity contribution < 1.29 is 13.2 Å². The molecule has 1 saturated heterocycles. The Kier molecular flexibility index (Phi) is 7.82. The van der Waals surface area contributed by atoms with E-state index in [1.54, 1.807) is 19.1 Å². The molecule has 1 heterocycles. The molecule has 0 bridgehead atoms. The van der Waals surface area contributed by atoms with Crippen LogP contribution in [-0.2, 0) is 10.0 Å². The lowest BCUT2D eigenvalue weighted by Gasteiger charge is -2.38. The maximum atomic E-state index is 12.5. The molecule has 6 nitrogen and oxygen atoms in total. The second kappa shape index (κ2) is 9.66. The first kappa shape index (κ1) is 21.9. The Hall–Kier alpha value is -1.44. The van der Waals surface area contributed by atoms with E-state index in [0.29, 0.717) is 30.6 Å². The third-order valence-corrected chi connectivity index (χ3v) is 6.85. The van der Waals surface area contributed by atoms with Crippen LogP contribution in [0.1, 0.15) is 50.9 Å². The van der Waals surface area contributed by atoms with Gasteiger partial charge in [-0.2, -0.15) is 0 Å². The van der Waals surface area contributed by atoms with E-state index < -0.39 is 10.0 Å². The Morgan fingerprint density at radius 3 is 2.30 bits per heavy atom. The Bertz CT molecular complexity index is 708. The lowest BCUT2D eigenvalue weighted by Crippen LogP contribution is -2.49. The number of hydrogen-bond donors (Lipinski definition) is 2. The fourth-order valence-corrected chi connectivity index (χ4v) is 4.55. The smallest absolute Gasteiger partial charge is 0.251 e. The van der Waals surface area contributed by atoms with Crippen LogP contribution in [0.25, 0.3) is 0 Å². The number of benzene rings is 1. The zero-order chi connectivity index (χ0) is 20.0. The van der Waals surface area contributed by atoms with Gasteiger partial charge in [-0.25, -0.2) is 13.1 Å². The van der Waals surface area contributed by atoms with Gasteiger partial charge in [0.15, 0.2) is 0 Å². The summed E-state index contributed by atoms with van der Waals surface area (Å²) in [6, 6.07) is 6.38. The summed E-state index contributed by atoms with van der Waals surface area (Å²) < 4.78 is 26.4. The quantitative estimate of drug-likeness (QED) is 0.709. The summed E-state index contributed by atoms with van der Waals surface area (Å²) >= 11 is 0. The predicted octanol–water partition coefficient (Wildman–Crippen LogP) is 2.47. The van der Waals surface area contributed by atoms with Gasteiger partial charge in [-0.15, -0.1) is 0 Å². The average molecular weight is 396 g/mol. The van der Waals surface area contributed by atoms with Crippen molar-refractivity contribution in [3.8, 4) is 0 Å². The van der Waals surface area contributed by atoms with Gasteiger partial charge in [0, 0.05) is 24.7 Å². The van der Waals surface area contributed by atoms with Crippen LogP contribution >= 0.6 is 0 Å². The highest BCUT2D eigenvalue weighted by atomic mass is 32.2. The molecular formula is C20H33N3O3S. The average Bonchev–Trinajstić information content (AvgIpc) is 2.63. The second-order valence-corrected chi connectivity index (χ2v) is 9.53. The summed E-state index contributed by atoms with van der Waals surface area (Å²) in [4.78, 5) is 15.2. The van der Waals surface area contributed by atoms with E-state index in [2.05, 4.69) is 35.7 Å². The summed E-state index contributed by atoms with van der Waals surface area (Å²) in [6.45, 7) is 11.5. The highest BCUT2D eigenvalue weighted by molar-refractivity contribution is 7.89. The molecule has 27 heavy (non-hydrogen) atoms. The van der Waals surface area contributed by atoms with Gasteiger partial charge >= 0.3 is 0 Å². The number of hydrogen-bond acceptors (Lipinski definition) is 4. The van der Waals surface area contributed by atoms with Crippen molar-refractivity contribution in [2.75, 3.05) is 26.2 Å². The van der Waals surface area contributed by atoms with E-state index in [-0.39, 0.29) is 10.8 Å². The van der Waals surface area contributed by atoms with Crippen LogP contribution in [0.2, 0.25) is 0 Å². The van der Waals surface area contributed by atoms with Gasteiger partial charge in [-0.05, 0) is 62.0 Å². The lowest BCUT2D eigenvalue weighted by molar-refractivity contribution is 0.0863. The fraction of sp³-hybridized carbons (Fsp3) is 0.650. The van der Waals surface area contributed by atoms with Crippen molar-refractivity contribution in [1.82, 2.24) is 14.9 Å². The molecule has 0 aromatic heterocycles. The standard InChI is InChI=1S/C20H33N3O3S/c1-5-22-27(25,26)18-8-6-17(7-9-18)20(24)21-14-19(15(2)3)23-12-10-16(4)11-13-23/h6-9,15-16,19,22H,5,10-14H2,1-4H3,(H,21,24). The molecule has 0 radical (unpaired) electrons. The van der Waals surface area contributed by atoms with E-state index in [9.17, 15) is 13.2 Å².